The van der Waals surface area contributed by atoms with E-state index in [1.165, 1.54) is 64.6 Å². The van der Waals surface area contributed by atoms with Gasteiger partial charge >= 0.3 is 0 Å². The molecule has 12 aromatic rings. The summed E-state index contributed by atoms with van der Waals surface area (Å²) in [5.74, 6) is 1.87. The fourth-order valence-electron chi connectivity index (χ4n) is 9.01. The molecule has 0 atom stereocenters. The topological polar surface area (TPSA) is 41.9 Å². The van der Waals surface area contributed by atoms with Gasteiger partial charge in [-0.15, -0.1) is 0 Å². The highest BCUT2D eigenvalue weighted by molar-refractivity contribution is 6.28. The van der Waals surface area contributed by atoms with Crippen molar-refractivity contribution in [2.24, 2.45) is 0 Å². The number of rotatable bonds is 6. The van der Waals surface area contributed by atoms with Crippen LogP contribution in [0.25, 0.3) is 98.8 Å². The number of hydrogen-bond acceptors (Lipinski definition) is 4. The van der Waals surface area contributed by atoms with E-state index in [2.05, 4.69) is 163 Å². The lowest BCUT2D eigenvalue weighted by Crippen LogP contribution is -2.13. The number of aromatic nitrogens is 3. The maximum absolute atomic E-state index is 5.24. The summed E-state index contributed by atoms with van der Waals surface area (Å²) < 4.78 is 0. The first-order valence-electron chi connectivity index (χ1n) is 19.4. The zero-order valence-corrected chi connectivity index (χ0v) is 30.8. The molecule has 0 aliphatic rings. The monoisotopic (exact) mass is 724 g/mol. The fourth-order valence-corrected chi connectivity index (χ4v) is 9.01. The van der Waals surface area contributed by atoms with Gasteiger partial charge in [0.05, 0.1) is 17.1 Å². The van der Waals surface area contributed by atoms with Crippen molar-refractivity contribution in [2.45, 2.75) is 0 Å². The van der Waals surface area contributed by atoms with E-state index in [1.54, 1.807) is 0 Å². The van der Waals surface area contributed by atoms with Crippen LogP contribution in [0.5, 0.6) is 0 Å². The van der Waals surface area contributed by atoms with Crippen molar-refractivity contribution >= 4 is 81.7 Å². The number of hydrogen-bond donors (Lipinski definition) is 0. The van der Waals surface area contributed by atoms with E-state index < -0.39 is 0 Å². The van der Waals surface area contributed by atoms with Crippen LogP contribution in [0.3, 0.4) is 0 Å². The predicted octanol–water partition coefficient (Wildman–Crippen LogP) is 14.1. The summed E-state index contributed by atoms with van der Waals surface area (Å²) in [7, 11) is 0. The van der Waals surface area contributed by atoms with Gasteiger partial charge in [-0.05, 0) is 78.1 Å². The van der Waals surface area contributed by atoms with Crippen LogP contribution in [-0.4, -0.2) is 15.0 Å². The molecule has 4 nitrogen and oxygen atoms in total. The van der Waals surface area contributed by atoms with E-state index >= 15 is 0 Å². The second-order valence-electron chi connectivity index (χ2n) is 14.8. The summed E-state index contributed by atoms with van der Waals surface area (Å²) in [5, 5.41) is 14.9. The van der Waals surface area contributed by atoms with Crippen molar-refractivity contribution in [3.63, 3.8) is 0 Å². The third-order valence-corrected chi connectivity index (χ3v) is 11.6. The standard InChI is InChI=1S/C53H32N4/c1-3-11-39(12-4-1)51-54-52(40-13-5-2-6-14-40)56-53(55-51)43-19-7-8-20-44(43)57(45-31-27-37-23-21-33-15-9-17-35-25-29-41(45)49(37)47(33)35)46-32-28-38-24-22-34-16-10-18-36-26-30-42(46)50(38)48(34)36/h1-32H. The van der Waals surface area contributed by atoms with Gasteiger partial charge in [0.15, 0.2) is 17.5 Å². The second-order valence-corrected chi connectivity index (χ2v) is 14.8. The van der Waals surface area contributed by atoms with Crippen LogP contribution in [0.15, 0.2) is 194 Å². The smallest absolute Gasteiger partial charge is 0.166 e. The Morgan fingerprint density at radius 2 is 0.649 bits per heavy atom. The largest absolute Gasteiger partial charge is 0.309 e. The van der Waals surface area contributed by atoms with E-state index in [4.69, 9.17) is 15.0 Å². The molecule has 4 heteroatoms. The molecule has 12 rings (SSSR count). The minimum Gasteiger partial charge on any atom is -0.309 e. The molecule has 0 bridgehead atoms. The molecule has 0 spiro atoms. The third kappa shape index (κ3) is 4.91. The summed E-state index contributed by atoms with van der Waals surface area (Å²) >= 11 is 0. The molecular weight excluding hydrogens is 693 g/mol. The molecule has 1 aromatic heterocycles. The van der Waals surface area contributed by atoms with Crippen LogP contribution >= 0.6 is 0 Å². The number of benzene rings is 11. The van der Waals surface area contributed by atoms with Gasteiger partial charge in [0, 0.05) is 27.5 Å². The van der Waals surface area contributed by atoms with Gasteiger partial charge in [0.2, 0.25) is 0 Å². The maximum atomic E-state index is 5.24. The van der Waals surface area contributed by atoms with Crippen molar-refractivity contribution < 1.29 is 0 Å². The molecule has 0 unspecified atom stereocenters. The molecule has 0 fully saturated rings. The average Bonchev–Trinajstić information content (AvgIpc) is 3.29. The molecule has 0 saturated heterocycles. The van der Waals surface area contributed by atoms with Crippen LogP contribution in [0.4, 0.5) is 17.1 Å². The van der Waals surface area contributed by atoms with E-state index in [0.29, 0.717) is 17.5 Å². The van der Waals surface area contributed by atoms with Gasteiger partial charge in [-0.2, -0.15) is 0 Å². The van der Waals surface area contributed by atoms with Crippen LogP contribution in [-0.2, 0) is 0 Å². The Morgan fingerprint density at radius 1 is 0.263 bits per heavy atom. The molecule has 0 N–H and O–H groups in total. The molecule has 264 valence electrons. The Hall–Kier alpha value is -7.69. The van der Waals surface area contributed by atoms with Gasteiger partial charge in [0.1, 0.15) is 0 Å². The Labute approximate surface area is 328 Å². The number of nitrogens with zero attached hydrogens (tertiary/aromatic N) is 4. The Bertz CT molecular complexity index is 3230. The molecule has 1 heterocycles. The quantitative estimate of drug-likeness (QED) is 0.160. The fraction of sp³-hybridized carbons (Fsp3) is 0. The van der Waals surface area contributed by atoms with Crippen LogP contribution < -0.4 is 4.90 Å². The van der Waals surface area contributed by atoms with Gasteiger partial charge in [-0.3, -0.25) is 0 Å². The van der Waals surface area contributed by atoms with E-state index in [1.807, 2.05) is 36.4 Å². The molecule has 11 aromatic carbocycles. The highest BCUT2D eigenvalue weighted by atomic mass is 15.2. The molecule has 0 amide bonds. The Morgan fingerprint density at radius 3 is 1.14 bits per heavy atom. The van der Waals surface area contributed by atoms with Crippen molar-refractivity contribution in [1.29, 1.82) is 0 Å². The predicted molar refractivity (Wildman–Crippen MR) is 238 cm³/mol. The molecule has 0 radical (unpaired) electrons. The van der Waals surface area contributed by atoms with Crippen molar-refractivity contribution in [3.05, 3.63) is 194 Å². The van der Waals surface area contributed by atoms with E-state index in [-0.39, 0.29) is 0 Å². The first-order chi connectivity index (χ1) is 28.3. The first kappa shape index (κ1) is 31.6. The second kappa shape index (κ2) is 12.4. The minimum absolute atomic E-state index is 0.610. The maximum Gasteiger partial charge on any atom is 0.166 e. The van der Waals surface area contributed by atoms with Crippen molar-refractivity contribution in [1.82, 2.24) is 15.0 Å². The highest BCUT2D eigenvalue weighted by Crippen LogP contribution is 2.49. The van der Waals surface area contributed by atoms with Gasteiger partial charge in [-0.1, -0.05) is 170 Å². The SMILES string of the molecule is c1ccc(-c2nc(-c3ccccc3)nc(-c3ccccc3N(c3ccc4ccc5cccc6ccc3c4c56)c3ccc4ccc5cccc6ccc3c4c56)n2)cc1. The summed E-state index contributed by atoms with van der Waals surface area (Å²) in [6, 6.07) is 69.4. The van der Waals surface area contributed by atoms with Crippen molar-refractivity contribution in [3.8, 4) is 34.2 Å². The van der Waals surface area contributed by atoms with E-state index in [9.17, 15) is 0 Å². The molecule has 0 aliphatic carbocycles. The highest BCUT2D eigenvalue weighted by Gasteiger charge is 2.25. The van der Waals surface area contributed by atoms with Gasteiger partial charge in [-0.25, -0.2) is 15.0 Å². The lowest BCUT2D eigenvalue weighted by molar-refractivity contribution is 1.07. The third-order valence-electron chi connectivity index (χ3n) is 11.6. The normalized spacial score (nSPS) is 11.9. The molecule has 0 saturated carbocycles. The van der Waals surface area contributed by atoms with Crippen LogP contribution in [0, 0.1) is 0 Å². The van der Waals surface area contributed by atoms with Gasteiger partial charge in [0.25, 0.3) is 0 Å². The molecule has 57 heavy (non-hydrogen) atoms. The summed E-state index contributed by atoms with van der Waals surface area (Å²) in [4.78, 5) is 18.0. The lowest BCUT2D eigenvalue weighted by atomic mass is 9.91. The number of anilines is 3. The lowest BCUT2D eigenvalue weighted by Gasteiger charge is -2.31. The summed E-state index contributed by atoms with van der Waals surface area (Å²) in [6.07, 6.45) is 0. The zero-order chi connectivity index (χ0) is 37.5. The van der Waals surface area contributed by atoms with Crippen LogP contribution in [0.1, 0.15) is 0 Å². The summed E-state index contributed by atoms with van der Waals surface area (Å²) in [6.45, 7) is 0. The van der Waals surface area contributed by atoms with Crippen LogP contribution in [0.2, 0.25) is 0 Å². The first-order valence-corrected chi connectivity index (χ1v) is 19.4. The molecular formula is C53H32N4. The van der Waals surface area contributed by atoms with Gasteiger partial charge < -0.3 is 4.90 Å². The number of para-hydroxylation sites is 1. The Balaban J connectivity index is 1.19. The van der Waals surface area contributed by atoms with E-state index in [0.717, 1.165) is 33.8 Å². The minimum atomic E-state index is 0.610. The van der Waals surface area contributed by atoms with Crippen molar-refractivity contribution in [2.75, 3.05) is 4.90 Å². The zero-order valence-electron chi connectivity index (χ0n) is 30.8. The Kier molecular flexibility index (Phi) is 6.89. The average molecular weight is 725 g/mol. The molecule has 0 aliphatic heterocycles. The summed E-state index contributed by atoms with van der Waals surface area (Å²) in [5.41, 5.74) is 5.93.